The molecule has 0 radical (unpaired) electrons. The molecule has 0 atom stereocenters. The van der Waals surface area contributed by atoms with E-state index < -0.39 is 5.82 Å². The third kappa shape index (κ3) is 2.03. The third-order valence-electron chi connectivity index (χ3n) is 2.65. The lowest BCUT2D eigenvalue weighted by molar-refractivity contribution is 0.459. The highest BCUT2D eigenvalue weighted by molar-refractivity contribution is 5.94. The van der Waals surface area contributed by atoms with Crippen LogP contribution in [0.3, 0.4) is 0 Å². The van der Waals surface area contributed by atoms with E-state index in [0.717, 1.165) is 0 Å². The highest BCUT2D eigenvalue weighted by Gasteiger charge is 2.12. The minimum Gasteiger partial charge on any atom is -0.493 e. The molecular formula is C13H9FN4O. The molecule has 0 aliphatic carbocycles. The summed E-state index contributed by atoms with van der Waals surface area (Å²) in [4.78, 5) is 6.44. The Labute approximate surface area is 107 Å². The average molecular weight is 256 g/mol. The molecule has 3 rings (SSSR count). The molecule has 0 bridgehead atoms. The monoisotopic (exact) mass is 256 g/mol. The predicted octanol–water partition coefficient (Wildman–Crippen LogP) is 3.82. The number of hydrogen-bond acceptors (Lipinski definition) is 4. The van der Waals surface area contributed by atoms with Gasteiger partial charge in [0.1, 0.15) is 11.5 Å². The van der Waals surface area contributed by atoms with Gasteiger partial charge in [-0.25, -0.2) is 4.39 Å². The fourth-order valence-corrected chi connectivity index (χ4v) is 1.78. The van der Waals surface area contributed by atoms with Crippen molar-refractivity contribution in [1.82, 2.24) is 9.97 Å². The number of aromatic amines is 1. The van der Waals surface area contributed by atoms with Crippen molar-refractivity contribution in [1.29, 1.82) is 0 Å². The van der Waals surface area contributed by atoms with Gasteiger partial charge in [-0.15, -0.1) is 10.2 Å². The SMILES string of the molecule is Oc1[nH]c2c(F)cccc2c1N=Nc1cccnc1. The number of aromatic nitrogens is 2. The summed E-state index contributed by atoms with van der Waals surface area (Å²) in [5, 5.41) is 18.1. The van der Waals surface area contributed by atoms with Gasteiger partial charge in [-0.05, 0) is 18.2 Å². The van der Waals surface area contributed by atoms with Crippen molar-refractivity contribution in [2.24, 2.45) is 10.2 Å². The van der Waals surface area contributed by atoms with Crippen LogP contribution in [0.4, 0.5) is 15.8 Å². The largest absolute Gasteiger partial charge is 0.493 e. The molecule has 2 N–H and O–H groups in total. The van der Waals surface area contributed by atoms with Crippen molar-refractivity contribution in [2.75, 3.05) is 0 Å². The lowest BCUT2D eigenvalue weighted by atomic mass is 10.2. The molecule has 0 aliphatic heterocycles. The summed E-state index contributed by atoms with van der Waals surface area (Å²) in [6.45, 7) is 0. The molecule has 94 valence electrons. The van der Waals surface area contributed by atoms with E-state index in [-0.39, 0.29) is 17.1 Å². The first-order valence-corrected chi connectivity index (χ1v) is 5.56. The summed E-state index contributed by atoms with van der Waals surface area (Å²) in [5.41, 5.74) is 0.964. The van der Waals surface area contributed by atoms with Crippen LogP contribution in [-0.2, 0) is 0 Å². The highest BCUT2D eigenvalue weighted by Crippen LogP contribution is 2.36. The van der Waals surface area contributed by atoms with Crippen molar-refractivity contribution in [2.45, 2.75) is 0 Å². The zero-order chi connectivity index (χ0) is 13.2. The quantitative estimate of drug-likeness (QED) is 0.684. The zero-order valence-corrected chi connectivity index (χ0v) is 9.71. The van der Waals surface area contributed by atoms with Crippen LogP contribution >= 0.6 is 0 Å². The summed E-state index contributed by atoms with van der Waals surface area (Å²) >= 11 is 0. The van der Waals surface area contributed by atoms with Gasteiger partial charge in [0, 0.05) is 11.6 Å². The maximum atomic E-state index is 13.5. The summed E-state index contributed by atoms with van der Waals surface area (Å²) < 4.78 is 13.5. The molecule has 6 heteroatoms. The van der Waals surface area contributed by atoms with Gasteiger partial charge in [0.2, 0.25) is 5.88 Å². The van der Waals surface area contributed by atoms with Gasteiger partial charge in [-0.3, -0.25) is 4.98 Å². The topological polar surface area (TPSA) is 73.6 Å². The number of nitrogens with one attached hydrogen (secondary N) is 1. The summed E-state index contributed by atoms with van der Waals surface area (Å²) in [6, 6.07) is 7.96. The van der Waals surface area contributed by atoms with Crippen LogP contribution in [0, 0.1) is 5.82 Å². The van der Waals surface area contributed by atoms with Gasteiger partial charge in [-0.1, -0.05) is 12.1 Å². The van der Waals surface area contributed by atoms with Crippen molar-refractivity contribution in [3.63, 3.8) is 0 Å². The van der Waals surface area contributed by atoms with Crippen molar-refractivity contribution < 1.29 is 9.50 Å². The van der Waals surface area contributed by atoms with Gasteiger partial charge in [0.25, 0.3) is 0 Å². The smallest absolute Gasteiger partial charge is 0.218 e. The van der Waals surface area contributed by atoms with E-state index in [1.807, 2.05) is 0 Å². The summed E-state index contributed by atoms with van der Waals surface area (Å²) in [7, 11) is 0. The molecule has 19 heavy (non-hydrogen) atoms. The number of halogens is 1. The normalized spacial score (nSPS) is 11.4. The minimum atomic E-state index is -0.448. The van der Waals surface area contributed by atoms with Gasteiger partial charge < -0.3 is 10.1 Å². The molecule has 0 saturated heterocycles. The van der Waals surface area contributed by atoms with Crippen molar-refractivity contribution in [3.8, 4) is 5.88 Å². The van der Waals surface area contributed by atoms with Gasteiger partial charge >= 0.3 is 0 Å². The number of nitrogens with zero attached hydrogens (tertiary/aromatic N) is 3. The van der Waals surface area contributed by atoms with Crippen LogP contribution in [-0.4, -0.2) is 15.1 Å². The molecular weight excluding hydrogens is 247 g/mol. The maximum Gasteiger partial charge on any atom is 0.218 e. The van der Waals surface area contributed by atoms with E-state index in [1.54, 1.807) is 30.5 Å². The first kappa shape index (κ1) is 11.3. The molecule has 3 aromatic rings. The van der Waals surface area contributed by atoms with Crippen LogP contribution < -0.4 is 0 Å². The van der Waals surface area contributed by atoms with E-state index in [0.29, 0.717) is 11.1 Å². The number of azo groups is 1. The Kier molecular flexibility index (Phi) is 2.68. The fourth-order valence-electron chi connectivity index (χ4n) is 1.78. The number of fused-ring (bicyclic) bond motifs is 1. The molecule has 0 aliphatic rings. The van der Waals surface area contributed by atoms with Crippen LogP contribution in [0.2, 0.25) is 0 Å². The van der Waals surface area contributed by atoms with E-state index >= 15 is 0 Å². The molecule has 0 saturated carbocycles. The molecule has 1 aromatic carbocycles. The molecule has 5 nitrogen and oxygen atoms in total. The molecule has 0 amide bonds. The molecule has 2 aromatic heterocycles. The van der Waals surface area contributed by atoms with Gasteiger partial charge in [-0.2, -0.15) is 0 Å². The first-order valence-electron chi connectivity index (χ1n) is 5.56. The third-order valence-corrected chi connectivity index (χ3v) is 2.65. The second-order valence-corrected chi connectivity index (χ2v) is 3.90. The summed E-state index contributed by atoms with van der Waals surface area (Å²) in [5.74, 6) is -0.664. The molecule has 2 heterocycles. The van der Waals surface area contributed by atoms with E-state index in [9.17, 15) is 9.50 Å². The summed E-state index contributed by atoms with van der Waals surface area (Å²) in [6.07, 6.45) is 3.16. The van der Waals surface area contributed by atoms with E-state index in [4.69, 9.17) is 0 Å². The lowest BCUT2D eigenvalue weighted by Gasteiger charge is -1.92. The highest BCUT2D eigenvalue weighted by atomic mass is 19.1. The number of H-pyrrole nitrogens is 1. The van der Waals surface area contributed by atoms with Crippen LogP contribution in [0.5, 0.6) is 5.88 Å². The average Bonchev–Trinajstić information content (AvgIpc) is 2.75. The Balaban J connectivity index is 2.09. The second kappa shape index (κ2) is 4.49. The Morgan fingerprint density at radius 2 is 2.05 bits per heavy atom. The zero-order valence-electron chi connectivity index (χ0n) is 9.71. The standard InChI is InChI=1S/C13H9FN4O/c14-10-5-1-4-9-11(10)16-13(19)12(9)18-17-8-3-2-6-15-7-8/h1-7,16,19H. The van der Waals surface area contributed by atoms with Gasteiger partial charge in [0.05, 0.1) is 11.7 Å². The van der Waals surface area contributed by atoms with E-state index in [2.05, 4.69) is 20.2 Å². The Hall–Kier alpha value is -2.76. The second-order valence-electron chi connectivity index (χ2n) is 3.90. The molecule has 0 fully saturated rings. The number of hydrogen-bond donors (Lipinski definition) is 2. The maximum absolute atomic E-state index is 13.5. The van der Waals surface area contributed by atoms with Crippen molar-refractivity contribution in [3.05, 3.63) is 48.5 Å². The number of aromatic hydroxyl groups is 1. The predicted molar refractivity (Wildman–Crippen MR) is 68.3 cm³/mol. The van der Waals surface area contributed by atoms with Crippen LogP contribution in [0.15, 0.2) is 53.0 Å². The number of rotatable bonds is 2. The Morgan fingerprint density at radius 1 is 1.16 bits per heavy atom. The lowest BCUT2D eigenvalue weighted by Crippen LogP contribution is -1.74. The minimum absolute atomic E-state index is 0.207. The molecule has 0 spiro atoms. The Bertz CT molecular complexity index is 752. The number of para-hydroxylation sites is 1. The first-order chi connectivity index (χ1) is 9.25. The fraction of sp³-hybridized carbons (Fsp3) is 0. The van der Waals surface area contributed by atoms with E-state index in [1.165, 1.54) is 12.3 Å². The number of benzene rings is 1. The Morgan fingerprint density at radius 3 is 2.84 bits per heavy atom. The van der Waals surface area contributed by atoms with Crippen molar-refractivity contribution >= 4 is 22.3 Å². The van der Waals surface area contributed by atoms with Gasteiger partial charge in [0.15, 0.2) is 5.69 Å². The number of pyridine rings is 1. The van der Waals surface area contributed by atoms with Crippen LogP contribution in [0.25, 0.3) is 10.9 Å². The molecule has 0 unspecified atom stereocenters. The van der Waals surface area contributed by atoms with Crippen LogP contribution in [0.1, 0.15) is 0 Å².